The number of amides is 1. The number of carbonyl (C=O) groups excluding carboxylic acids is 1. The minimum Gasteiger partial charge on any atom is -0.326 e. The predicted octanol–water partition coefficient (Wildman–Crippen LogP) is 3.94. The summed E-state index contributed by atoms with van der Waals surface area (Å²) in [5, 5.41) is 6.52. The molecule has 0 fully saturated rings. The Labute approximate surface area is 133 Å². The first-order chi connectivity index (χ1) is 10.3. The number of alkyl halides is 3. The molecule has 0 radical (unpaired) electrons. The van der Waals surface area contributed by atoms with Crippen LogP contribution in [0.1, 0.15) is 12.5 Å². The minimum atomic E-state index is -4.44. The van der Waals surface area contributed by atoms with Crippen LogP contribution in [0.2, 0.25) is 0 Å². The van der Waals surface area contributed by atoms with Crippen LogP contribution in [-0.2, 0) is 17.5 Å². The normalized spacial score (nSPS) is 13.0. The van der Waals surface area contributed by atoms with Gasteiger partial charge in [0.15, 0.2) is 0 Å². The molecule has 1 amide bonds. The van der Waals surface area contributed by atoms with Gasteiger partial charge < -0.3 is 5.32 Å². The molecule has 2 rings (SSSR count). The molecule has 0 saturated heterocycles. The Bertz CT molecular complexity index is 669. The van der Waals surface area contributed by atoms with E-state index in [9.17, 15) is 18.0 Å². The fourth-order valence-electron chi connectivity index (χ4n) is 1.84. The van der Waals surface area contributed by atoms with Crippen LogP contribution in [0.15, 0.2) is 41.1 Å². The number of hydrogen-bond donors (Lipinski definition) is 1. The lowest BCUT2D eigenvalue weighted by atomic mass is 10.1. The molecule has 1 N–H and O–H groups in total. The van der Waals surface area contributed by atoms with Crippen LogP contribution in [0.25, 0.3) is 0 Å². The summed E-state index contributed by atoms with van der Waals surface area (Å²) < 4.78 is 40.2. The molecule has 8 heteroatoms. The van der Waals surface area contributed by atoms with E-state index in [2.05, 4.69) is 26.3 Å². The zero-order chi connectivity index (χ0) is 16.3. The highest BCUT2D eigenvalue weighted by Crippen LogP contribution is 2.30. The lowest BCUT2D eigenvalue weighted by Crippen LogP contribution is -2.24. The van der Waals surface area contributed by atoms with E-state index in [1.54, 1.807) is 24.0 Å². The van der Waals surface area contributed by atoms with Crippen molar-refractivity contribution in [3.63, 3.8) is 0 Å². The van der Waals surface area contributed by atoms with Crippen molar-refractivity contribution in [1.29, 1.82) is 0 Å². The van der Waals surface area contributed by atoms with E-state index < -0.39 is 17.7 Å². The number of carbonyl (C=O) groups is 1. The van der Waals surface area contributed by atoms with Gasteiger partial charge in [0.05, 0.1) is 28.7 Å². The highest BCUT2D eigenvalue weighted by Gasteiger charge is 2.30. The standard InChI is InChI=1S/C14H13BrF3N3O/c1-9(7-21-8-11(15)6-19-21)13(22)20-12-4-2-3-10(5-12)14(16,17)18/h2-6,8-9H,7H2,1H3,(H,20,22)/t9-/m0/s1. The van der Waals surface area contributed by atoms with Gasteiger partial charge in [-0.2, -0.15) is 18.3 Å². The van der Waals surface area contributed by atoms with Crippen LogP contribution >= 0.6 is 15.9 Å². The molecule has 1 aromatic heterocycles. The van der Waals surface area contributed by atoms with Crippen molar-refractivity contribution < 1.29 is 18.0 Å². The monoisotopic (exact) mass is 375 g/mol. The second kappa shape index (κ2) is 6.51. The SMILES string of the molecule is C[C@@H](Cn1cc(Br)cn1)C(=O)Nc1cccc(C(F)(F)F)c1. The Morgan fingerprint density at radius 3 is 2.77 bits per heavy atom. The maximum atomic E-state index is 12.6. The molecule has 1 aromatic carbocycles. The lowest BCUT2D eigenvalue weighted by molar-refractivity contribution is -0.137. The quantitative estimate of drug-likeness (QED) is 0.879. The van der Waals surface area contributed by atoms with E-state index >= 15 is 0 Å². The molecular weight excluding hydrogens is 363 g/mol. The summed E-state index contributed by atoms with van der Waals surface area (Å²) in [4.78, 5) is 12.0. The number of nitrogens with one attached hydrogen (secondary N) is 1. The summed E-state index contributed by atoms with van der Waals surface area (Å²) in [5.41, 5.74) is -0.678. The van der Waals surface area contributed by atoms with Gasteiger partial charge in [0.1, 0.15) is 0 Å². The second-order valence-electron chi connectivity index (χ2n) is 4.85. The van der Waals surface area contributed by atoms with Crippen molar-refractivity contribution in [3.05, 3.63) is 46.7 Å². The Morgan fingerprint density at radius 2 is 2.18 bits per heavy atom. The molecule has 0 aliphatic heterocycles. The van der Waals surface area contributed by atoms with Crippen molar-refractivity contribution in [3.8, 4) is 0 Å². The smallest absolute Gasteiger partial charge is 0.326 e. The molecule has 1 atom stereocenters. The molecule has 0 spiro atoms. The summed E-state index contributed by atoms with van der Waals surface area (Å²) in [7, 11) is 0. The topological polar surface area (TPSA) is 46.9 Å². The highest BCUT2D eigenvalue weighted by molar-refractivity contribution is 9.10. The van der Waals surface area contributed by atoms with Gasteiger partial charge in [0, 0.05) is 11.9 Å². The lowest BCUT2D eigenvalue weighted by Gasteiger charge is -2.13. The summed E-state index contributed by atoms with van der Waals surface area (Å²) >= 11 is 3.25. The van der Waals surface area contributed by atoms with Gasteiger partial charge in [-0.3, -0.25) is 9.48 Å². The Morgan fingerprint density at radius 1 is 1.45 bits per heavy atom. The maximum Gasteiger partial charge on any atom is 0.416 e. The fourth-order valence-corrected chi connectivity index (χ4v) is 2.17. The third-order valence-electron chi connectivity index (χ3n) is 2.97. The van der Waals surface area contributed by atoms with E-state index in [1.807, 2.05) is 0 Å². The minimum absolute atomic E-state index is 0.119. The number of rotatable bonds is 4. The molecule has 118 valence electrons. The summed E-state index contributed by atoms with van der Waals surface area (Å²) in [6, 6.07) is 4.55. The summed E-state index contributed by atoms with van der Waals surface area (Å²) in [6.07, 6.45) is -1.13. The first kappa shape index (κ1) is 16.5. The third kappa shape index (κ3) is 4.33. The largest absolute Gasteiger partial charge is 0.416 e. The first-order valence-corrected chi connectivity index (χ1v) is 7.21. The summed E-state index contributed by atoms with van der Waals surface area (Å²) in [5.74, 6) is -0.813. The van der Waals surface area contributed by atoms with E-state index in [0.717, 1.165) is 16.6 Å². The number of nitrogens with zero attached hydrogens (tertiary/aromatic N) is 2. The number of aromatic nitrogens is 2. The first-order valence-electron chi connectivity index (χ1n) is 6.42. The van der Waals surface area contributed by atoms with Crippen LogP contribution in [0.5, 0.6) is 0 Å². The predicted molar refractivity (Wildman–Crippen MR) is 79.2 cm³/mol. The molecule has 4 nitrogen and oxygen atoms in total. The van der Waals surface area contributed by atoms with Gasteiger partial charge in [-0.15, -0.1) is 0 Å². The average molecular weight is 376 g/mol. The van der Waals surface area contributed by atoms with Crippen LogP contribution in [0.3, 0.4) is 0 Å². The Hall–Kier alpha value is -1.83. The Balaban J connectivity index is 2.02. The number of anilines is 1. The van der Waals surface area contributed by atoms with Crippen molar-refractivity contribution in [2.45, 2.75) is 19.6 Å². The summed E-state index contributed by atoms with van der Waals surface area (Å²) in [6.45, 7) is 2.01. The molecule has 0 bridgehead atoms. The zero-order valence-electron chi connectivity index (χ0n) is 11.6. The average Bonchev–Trinajstić information content (AvgIpc) is 2.83. The molecule has 1 heterocycles. The molecule has 0 saturated carbocycles. The van der Waals surface area contributed by atoms with Gasteiger partial charge >= 0.3 is 6.18 Å². The molecule has 0 aliphatic carbocycles. The van der Waals surface area contributed by atoms with Crippen LogP contribution in [-0.4, -0.2) is 15.7 Å². The molecular formula is C14H13BrF3N3O. The van der Waals surface area contributed by atoms with E-state index in [1.165, 1.54) is 12.1 Å². The molecule has 0 unspecified atom stereocenters. The van der Waals surface area contributed by atoms with Crippen LogP contribution in [0, 0.1) is 5.92 Å². The Kier molecular flexibility index (Phi) is 4.90. The van der Waals surface area contributed by atoms with Crippen molar-refractivity contribution in [2.75, 3.05) is 5.32 Å². The second-order valence-corrected chi connectivity index (χ2v) is 5.77. The van der Waals surface area contributed by atoms with Crippen molar-refractivity contribution in [1.82, 2.24) is 9.78 Å². The maximum absolute atomic E-state index is 12.6. The zero-order valence-corrected chi connectivity index (χ0v) is 13.1. The van der Waals surface area contributed by atoms with Crippen molar-refractivity contribution >= 4 is 27.5 Å². The highest BCUT2D eigenvalue weighted by atomic mass is 79.9. The van der Waals surface area contributed by atoms with E-state index in [4.69, 9.17) is 0 Å². The van der Waals surface area contributed by atoms with E-state index in [-0.39, 0.29) is 11.6 Å². The molecule has 2 aromatic rings. The van der Waals surface area contributed by atoms with Crippen LogP contribution in [0.4, 0.5) is 18.9 Å². The van der Waals surface area contributed by atoms with Crippen molar-refractivity contribution in [2.24, 2.45) is 5.92 Å². The third-order valence-corrected chi connectivity index (χ3v) is 3.38. The van der Waals surface area contributed by atoms with Gasteiger partial charge in [0.25, 0.3) is 0 Å². The fraction of sp³-hybridized carbons (Fsp3) is 0.286. The van der Waals surface area contributed by atoms with Gasteiger partial charge in [-0.25, -0.2) is 0 Å². The van der Waals surface area contributed by atoms with E-state index in [0.29, 0.717) is 6.54 Å². The molecule has 22 heavy (non-hydrogen) atoms. The number of benzene rings is 1. The van der Waals surface area contributed by atoms with Gasteiger partial charge in [0.2, 0.25) is 5.91 Å². The number of hydrogen-bond acceptors (Lipinski definition) is 2. The van der Waals surface area contributed by atoms with Gasteiger partial charge in [-0.1, -0.05) is 13.0 Å². The number of halogens is 4. The van der Waals surface area contributed by atoms with Crippen LogP contribution < -0.4 is 5.32 Å². The molecule has 0 aliphatic rings. The van der Waals surface area contributed by atoms with Gasteiger partial charge in [-0.05, 0) is 34.1 Å².